The summed E-state index contributed by atoms with van der Waals surface area (Å²) in [7, 11) is -3.51. The Morgan fingerprint density at radius 1 is 1.23 bits per heavy atom. The maximum atomic E-state index is 12.6. The first-order valence-corrected chi connectivity index (χ1v) is 8.90. The Bertz CT molecular complexity index is 670. The minimum Gasteiger partial charge on any atom is -0.480 e. The third-order valence-electron chi connectivity index (χ3n) is 4.25. The van der Waals surface area contributed by atoms with Gasteiger partial charge in [-0.1, -0.05) is 0 Å². The lowest BCUT2D eigenvalue weighted by molar-refractivity contribution is -0.138. The van der Waals surface area contributed by atoms with E-state index in [0.717, 1.165) is 19.3 Å². The molecule has 0 unspecified atom stereocenters. The maximum absolute atomic E-state index is 12.6. The van der Waals surface area contributed by atoms with E-state index in [0.29, 0.717) is 31.9 Å². The number of sulfonamides is 1. The van der Waals surface area contributed by atoms with E-state index in [2.05, 4.69) is 4.98 Å². The molecule has 3 rings (SSSR count). The number of carbonyl (C=O) groups is 1. The summed E-state index contributed by atoms with van der Waals surface area (Å²) >= 11 is 0. The molecule has 0 bridgehead atoms. The zero-order chi connectivity index (χ0) is 15.7. The van der Waals surface area contributed by atoms with Crippen molar-refractivity contribution in [2.75, 3.05) is 24.5 Å². The number of anilines is 1. The predicted octanol–water partition coefficient (Wildman–Crippen LogP) is 0.919. The number of rotatable bonds is 4. The monoisotopic (exact) mass is 325 g/mol. The SMILES string of the molecule is O=C(O)[C@@H]1CCCN1c1cc(S(=O)(=O)N2CCCC2)ccn1. The lowest BCUT2D eigenvalue weighted by Gasteiger charge is -2.23. The number of carboxylic acid groups (broad SMARTS) is 1. The molecule has 1 atom stereocenters. The molecule has 3 heterocycles. The normalized spacial score (nSPS) is 23.1. The summed E-state index contributed by atoms with van der Waals surface area (Å²) in [5.74, 6) is -0.475. The Hall–Kier alpha value is -1.67. The van der Waals surface area contributed by atoms with Gasteiger partial charge in [-0.2, -0.15) is 4.31 Å². The van der Waals surface area contributed by atoms with Crippen LogP contribution in [0.3, 0.4) is 0 Å². The first kappa shape index (κ1) is 15.2. The number of hydrogen-bond donors (Lipinski definition) is 1. The van der Waals surface area contributed by atoms with Crippen LogP contribution in [0.15, 0.2) is 23.2 Å². The second-order valence-electron chi connectivity index (χ2n) is 5.65. The molecule has 2 saturated heterocycles. The third kappa shape index (κ3) is 2.68. The van der Waals surface area contributed by atoms with Gasteiger partial charge in [0, 0.05) is 31.9 Å². The number of nitrogens with zero attached hydrogens (tertiary/aromatic N) is 3. The van der Waals surface area contributed by atoms with Gasteiger partial charge < -0.3 is 10.0 Å². The number of carboxylic acids is 1. The van der Waals surface area contributed by atoms with Crippen molar-refractivity contribution in [2.24, 2.45) is 0 Å². The molecule has 0 amide bonds. The van der Waals surface area contributed by atoms with Crippen molar-refractivity contribution in [3.8, 4) is 0 Å². The first-order chi connectivity index (χ1) is 10.5. The number of aliphatic carboxylic acids is 1. The van der Waals surface area contributed by atoms with Crippen LogP contribution >= 0.6 is 0 Å². The van der Waals surface area contributed by atoms with Crippen LogP contribution in [-0.2, 0) is 14.8 Å². The number of aromatic nitrogens is 1. The molecule has 7 nitrogen and oxygen atoms in total. The molecule has 0 aromatic carbocycles. The largest absolute Gasteiger partial charge is 0.480 e. The Kier molecular flexibility index (Phi) is 4.05. The van der Waals surface area contributed by atoms with Crippen LogP contribution < -0.4 is 4.90 Å². The molecule has 2 aliphatic heterocycles. The molecule has 8 heteroatoms. The topological polar surface area (TPSA) is 90.8 Å². The van der Waals surface area contributed by atoms with E-state index >= 15 is 0 Å². The van der Waals surface area contributed by atoms with E-state index in [1.165, 1.54) is 22.6 Å². The second-order valence-corrected chi connectivity index (χ2v) is 7.59. The van der Waals surface area contributed by atoms with E-state index in [9.17, 15) is 18.3 Å². The molecule has 1 aromatic rings. The first-order valence-electron chi connectivity index (χ1n) is 7.46. The maximum Gasteiger partial charge on any atom is 0.326 e. The Morgan fingerprint density at radius 2 is 1.95 bits per heavy atom. The van der Waals surface area contributed by atoms with Crippen molar-refractivity contribution in [1.29, 1.82) is 0 Å². The lowest BCUT2D eigenvalue weighted by Crippen LogP contribution is -2.36. The van der Waals surface area contributed by atoms with Crippen molar-refractivity contribution in [2.45, 2.75) is 36.6 Å². The van der Waals surface area contributed by atoms with Gasteiger partial charge in [0.25, 0.3) is 0 Å². The predicted molar refractivity (Wildman–Crippen MR) is 80.2 cm³/mol. The van der Waals surface area contributed by atoms with Crippen LogP contribution in [0.2, 0.25) is 0 Å². The summed E-state index contributed by atoms with van der Waals surface area (Å²) in [6.45, 7) is 1.67. The van der Waals surface area contributed by atoms with Gasteiger partial charge in [0.2, 0.25) is 10.0 Å². The molecule has 2 aliphatic rings. The standard InChI is InChI=1S/C14H19N3O4S/c18-14(19)12-4-3-9-17(12)13-10-11(5-6-15-13)22(20,21)16-7-1-2-8-16/h5-6,10,12H,1-4,7-9H2,(H,18,19)/t12-/m0/s1. The minimum atomic E-state index is -3.51. The van der Waals surface area contributed by atoms with Gasteiger partial charge in [-0.15, -0.1) is 0 Å². The Morgan fingerprint density at radius 3 is 2.64 bits per heavy atom. The van der Waals surface area contributed by atoms with Crippen LogP contribution in [0.1, 0.15) is 25.7 Å². The molecule has 22 heavy (non-hydrogen) atoms. The second kappa shape index (κ2) is 5.85. The van der Waals surface area contributed by atoms with Crippen LogP contribution in [-0.4, -0.2) is 54.5 Å². The van der Waals surface area contributed by atoms with Crippen LogP contribution in [0.4, 0.5) is 5.82 Å². The van der Waals surface area contributed by atoms with E-state index in [1.807, 2.05) is 0 Å². The molecule has 0 saturated carbocycles. The molecule has 2 fully saturated rings. The summed E-state index contributed by atoms with van der Waals surface area (Å²) in [4.78, 5) is 17.3. The fourth-order valence-electron chi connectivity index (χ4n) is 3.09. The van der Waals surface area contributed by atoms with Gasteiger partial charge >= 0.3 is 5.97 Å². The summed E-state index contributed by atoms with van der Waals surface area (Å²) in [5, 5.41) is 9.25. The van der Waals surface area contributed by atoms with Gasteiger partial charge in [-0.05, 0) is 31.7 Å². The highest BCUT2D eigenvalue weighted by Gasteiger charge is 2.33. The van der Waals surface area contributed by atoms with Crippen LogP contribution in [0.25, 0.3) is 0 Å². The van der Waals surface area contributed by atoms with Crippen molar-refractivity contribution in [3.05, 3.63) is 18.3 Å². The average Bonchev–Trinajstić information content (AvgIpc) is 3.19. The Labute approximate surface area is 129 Å². The number of pyridine rings is 1. The van der Waals surface area contributed by atoms with Gasteiger partial charge in [0.05, 0.1) is 4.90 Å². The van der Waals surface area contributed by atoms with Gasteiger partial charge in [-0.3, -0.25) is 0 Å². The quantitative estimate of drug-likeness (QED) is 0.885. The van der Waals surface area contributed by atoms with Gasteiger partial charge in [-0.25, -0.2) is 18.2 Å². The Balaban J connectivity index is 1.91. The summed E-state index contributed by atoms with van der Waals surface area (Å²) < 4.78 is 26.6. The van der Waals surface area contributed by atoms with Crippen molar-refractivity contribution in [3.63, 3.8) is 0 Å². The average molecular weight is 325 g/mol. The van der Waals surface area contributed by atoms with Crippen molar-refractivity contribution < 1.29 is 18.3 Å². The van der Waals surface area contributed by atoms with Gasteiger partial charge in [0.15, 0.2) is 0 Å². The highest BCUT2D eigenvalue weighted by molar-refractivity contribution is 7.89. The van der Waals surface area contributed by atoms with E-state index in [1.54, 1.807) is 4.90 Å². The fourth-order valence-corrected chi connectivity index (χ4v) is 4.62. The van der Waals surface area contributed by atoms with Gasteiger partial charge in [0.1, 0.15) is 11.9 Å². The third-order valence-corrected chi connectivity index (χ3v) is 6.15. The fraction of sp³-hybridized carbons (Fsp3) is 0.571. The molecular formula is C14H19N3O4S. The summed E-state index contributed by atoms with van der Waals surface area (Å²) in [5.41, 5.74) is 0. The molecular weight excluding hydrogens is 306 g/mol. The van der Waals surface area contributed by atoms with Crippen molar-refractivity contribution in [1.82, 2.24) is 9.29 Å². The minimum absolute atomic E-state index is 0.190. The molecule has 120 valence electrons. The van der Waals surface area contributed by atoms with Crippen LogP contribution in [0.5, 0.6) is 0 Å². The molecule has 1 N–H and O–H groups in total. The molecule has 0 aliphatic carbocycles. The highest BCUT2D eigenvalue weighted by atomic mass is 32.2. The van der Waals surface area contributed by atoms with E-state index in [-0.39, 0.29) is 4.90 Å². The number of hydrogen-bond acceptors (Lipinski definition) is 5. The van der Waals surface area contributed by atoms with E-state index in [4.69, 9.17) is 0 Å². The molecule has 0 radical (unpaired) electrons. The van der Waals surface area contributed by atoms with E-state index < -0.39 is 22.0 Å². The summed E-state index contributed by atoms with van der Waals surface area (Å²) in [6, 6.07) is 2.34. The van der Waals surface area contributed by atoms with Crippen molar-refractivity contribution >= 4 is 21.8 Å². The smallest absolute Gasteiger partial charge is 0.326 e. The molecule has 1 aromatic heterocycles. The highest BCUT2D eigenvalue weighted by Crippen LogP contribution is 2.27. The lowest BCUT2D eigenvalue weighted by atomic mass is 10.2. The zero-order valence-electron chi connectivity index (χ0n) is 12.2. The zero-order valence-corrected chi connectivity index (χ0v) is 13.0. The molecule has 0 spiro atoms. The van der Waals surface area contributed by atoms with Crippen LogP contribution in [0, 0.1) is 0 Å². The summed E-state index contributed by atoms with van der Waals surface area (Å²) in [6.07, 6.45) is 4.52.